The Morgan fingerprint density at radius 1 is 0.833 bits per heavy atom. The summed E-state index contributed by atoms with van der Waals surface area (Å²) >= 11 is 0. The van der Waals surface area contributed by atoms with E-state index in [2.05, 4.69) is 72.4 Å². The summed E-state index contributed by atoms with van der Waals surface area (Å²) < 4.78 is 0. The Labute approximate surface area is 114 Å². The zero-order valence-corrected chi connectivity index (χ0v) is 13.8. The Kier molecular flexibility index (Phi) is 4.98. The highest BCUT2D eigenvalue weighted by Crippen LogP contribution is 2.40. The lowest BCUT2D eigenvalue weighted by atomic mass is 10.2. The third-order valence-electron chi connectivity index (χ3n) is 4.51. The van der Waals surface area contributed by atoms with Crippen LogP contribution in [0.3, 0.4) is 0 Å². The highest BCUT2D eigenvalue weighted by atomic mass is 28.3. The molecule has 100 valence electrons. The molecule has 1 rings (SSSR count). The van der Waals surface area contributed by atoms with Crippen LogP contribution in [0.1, 0.15) is 47.1 Å². The van der Waals surface area contributed by atoms with Gasteiger partial charge in [0.2, 0.25) is 0 Å². The third-order valence-corrected chi connectivity index (χ3v) is 11.6. The van der Waals surface area contributed by atoms with Gasteiger partial charge in [0.05, 0.1) is 8.07 Å². The Morgan fingerprint density at radius 3 is 1.50 bits per heavy atom. The topological polar surface area (TPSA) is 0 Å². The fraction of sp³-hybridized carbons (Fsp3) is 0.529. The summed E-state index contributed by atoms with van der Waals surface area (Å²) in [6.45, 7) is 18.3. The maximum absolute atomic E-state index is 3.84. The lowest BCUT2D eigenvalue weighted by molar-refractivity contribution is 0.835. The van der Waals surface area contributed by atoms with E-state index in [4.69, 9.17) is 0 Å². The van der Waals surface area contributed by atoms with Crippen molar-refractivity contribution < 1.29 is 0 Å². The first-order valence-corrected chi connectivity index (χ1v) is 9.33. The lowest BCUT2D eigenvalue weighted by Gasteiger charge is -2.43. The van der Waals surface area contributed by atoms with Crippen LogP contribution in [-0.4, -0.2) is 8.07 Å². The summed E-state index contributed by atoms with van der Waals surface area (Å²) in [6.07, 6.45) is 1.92. The van der Waals surface area contributed by atoms with Gasteiger partial charge in [0.1, 0.15) is 0 Å². The van der Waals surface area contributed by atoms with Gasteiger partial charge in [0.15, 0.2) is 0 Å². The van der Waals surface area contributed by atoms with Gasteiger partial charge < -0.3 is 0 Å². The van der Waals surface area contributed by atoms with Gasteiger partial charge in [-0.25, -0.2) is 0 Å². The summed E-state index contributed by atoms with van der Waals surface area (Å²) in [5, 5.41) is 1.60. The maximum Gasteiger partial charge on any atom is 0.0942 e. The van der Waals surface area contributed by atoms with Crippen molar-refractivity contribution in [2.24, 2.45) is 0 Å². The molecule has 0 spiro atoms. The van der Waals surface area contributed by atoms with Crippen molar-refractivity contribution in [3.63, 3.8) is 0 Å². The van der Waals surface area contributed by atoms with Gasteiger partial charge in [-0.15, -0.1) is 0 Å². The minimum Gasteiger partial charge on any atom is -0.0985 e. The van der Waals surface area contributed by atoms with Gasteiger partial charge in [-0.2, -0.15) is 0 Å². The molecule has 18 heavy (non-hydrogen) atoms. The van der Waals surface area contributed by atoms with E-state index in [0.717, 1.165) is 16.6 Å². The molecule has 0 radical (unpaired) electrons. The summed E-state index contributed by atoms with van der Waals surface area (Å²) in [6, 6.07) is 9.14. The van der Waals surface area contributed by atoms with Crippen LogP contribution >= 0.6 is 0 Å². The molecule has 0 nitrogen and oxygen atoms in total. The summed E-state index contributed by atoms with van der Waals surface area (Å²) in [4.78, 5) is 0. The molecule has 0 saturated carbocycles. The normalized spacial score (nSPS) is 12.5. The van der Waals surface area contributed by atoms with Crippen LogP contribution in [0.5, 0.6) is 0 Å². The van der Waals surface area contributed by atoms with Crippen molar-refractivity contribution in [3.8, 4) is 0 Å². The van der Waals surface area contributed by atoms with E-state index in [1.165, 1.54) is 5.56 Å². The summed E-state index contributed by atoms with van der Waals surface area (Å²) in [7, 11) is -1.47. The van der Waals surface area contributed by atoms with Crippen molar-refractivity contribution in [3.05, 3.63) is 36.4 Å². The van der Waals surface area contributed by atoms with E-state index in [0.29, 0.717) is 0 Å². The molecule has 0 bridgehead atoms. The van der Waals surface area contributed by atoms with Crippen LogP contribution < -0.4 is 5.19 Å². The molecule has 0 fully saturated rings. The van der Waals surface area contributed by atoms with E-state index in [9.17, 15) is 0 Å². The predicted octanol–water partition coefficient (Wildman–Crippen LogP) is 5.22. The fourth-order valence-corrected chi connectivity index (χ4v) is 10.7. The number of rotatable bonds is 5. The average molecular weight is 260 g/mol. The minimum absolute atomic E-state index is 0.770. The molecule has 0 saturated heterocycles. The molecule has 0 aliphatic rings. The van der Waals surface area contributed by atoms with E-state index in [1.54, 1.807) is 5.19 Å². The zero-order chi connectivity index (χ0) is 13.9. The number of hydrogen-bond donors (Lipinski definition) is 0. The van der Waals surface area contributed by atoms with Crippen LogP contribution in [0, 0.1) is 0 Å². The Balaban J connectivity index is 3.36. The smallest absolute Gasteiger partial charge is 0.0942 e. The van der Waals surface area contributed by atoms with Gasteiger partial charge in [0, 0.05) is 0 Å². The molecule has 0 aromatic heterocycles. The fourth-order valence-electron chi connectivity index (χ4n) is 3.91. The quantitative estimate of drug-likeness (QED) is 0.637. The first-order chi connectivity index (χ1) is 8.37. The highest BCUT2D eigenvalue weighted by Gasteiger charge is 2.43. The van der Waals surface area contributed by atoms with Gasteiger partial charge in [-0.05, 0) is 22.2 Å². The Morgan fingerprint density at radius 2 is 1.22 bits per heavy atom. The van der Waals surface area contributed by atoms with Gasteiger partial charge in [-0.3, -0.25) is 0 Å². The molecule has 0 aliphatic carbocycles. The van der Waals surface area contributed by atoms with Crippen LogP contribution in [0.15, 0.2) is 30.8 Å². The minimum atomic E-state index is -1.47. The number of benzene rings is 1. The van der Waals surface area contributed by atoms with Crippen molar-refractivity contribution in [1.29, 1.82) is 0 Å². The molecule has 0 atom stereocenters. The lowest BCUT2D eigenvalue weighted by Crippen LogP contribution is -2.55. The molecule has 0 aliphatic heterocycles. The van der Waals surface area contributed by atoms with E-state index in [-0.39, 0.29) is 0 Å². The van der Waals surface area contributed by atoms with Crippen molar-refractivity contribution >= 4 is 19.3 Å². The summed E-state index contributed by atoms with van der Waals surface area (Å²) in [5.41, 5.74) is 3.53. The van der Waals surface area contributed by atoms with Gasteiger partial charge >= 0.3 is 0 Å². The van der Waals surface area contributed by atoms with Crippen molar-refractivity contribution in [2.45, 2.75) is 58.2 Å². The molecule has 0 N–H and O–H groups in total. The standard InChI is InChI=1S/C17H28Si/c1-8-16-9-11-17(12-10-16)18(13(2)3,14(4)5)15(6)7/h8-15H,1H2,2-7H3. The zero-order valence-electron chi connectivity index (χ0n) is 12.8. The molecular formula is C17H28Si. The maximum atomic E-state index is 3.84. The Hall–Kier alpha value is -0.823. The monoisotopic (exact) mass is 260 g/mol. The van der Waals surface area contributed by atoms with Crippen LogP contribution in [-0.2, 0) is 0 Å². The largest absolute Gasteiger partial charge is 0.0985 e. The second kappa shape index (κ2) is 5.88. The van der Waals surface area contributed by atoms with Crippen molar-refractivity contribution in [1.82, 2.24) is 0 Å². The SMILES string of the molecule is C=Cc1ccc([Si](C(C)C)(C(C)C)C(C)C)cc1. The molecule has 1 aromatic carbocycles. The molecule has 1 heteroatoms. The number of hydrogen-bond acceptors (Lipinski definition) is 0. The van der Waals surface area contributed by atoms with Crippen molar-refractivity contribution in [2.75, 3.05) is 0 Å². The molecule has 0 unspecified atom stereocenters. The van der Waals surface area contributed by atoms with Crippen LogP contribution in [0.4, 0.5) is 0 Å². The Bertz CT molecular complexity index is 363. The molecule has 0 amide bonds. The van der Waals surface area contributed by atoms with E-state index in [1.807, 2.05) is 6.08 Å². The predicted molar refractivity (Wildman–Crippen MR) is 87.2 cm³/mol. The first kappa shape index (κ1) is 15.2. The van der Waals surface area contributed by atoms with Crippen LogP contribution in [0.2, 0.25) is 16.6 Å². The summed E-state index contributed by atoms with van der Waals surface area (Å²) in [5.74, 6) is 0. The first-order valence-electron chi connectivity index (χ1n) is 7.10. The van der Waals surface area contributed by atoms with Gasteiger partial charge in [0.25, 0.3) is 0 Å². The van der Waals surface area contributed by atoms with E-state index < -0.39 is 8.07 Å². The second-order valence-electron chi connectivity index (χ2n) is 6.22. The molecule has 1 aromatic rings. The molecule has 0 heterocycles. The second-order valence-corrected chi connectivity index (χ2v) is 12.1. The van der Waals surface area contributed by atoms with E-state index >= 15 is 0 Å². The molecular weight excluding hydrogens is 232 g/mol. The average Bonchev–Trinajstić information content (AvgIpc) is 2.29. The van der Waals surface area contributed by atoms with Gasteiger partial charge in [-0.1, -0.05) is 83.6 Å². The van der Waals surface area contributed by atoms with Crippen LogP contribution in [0.25, 0.3) is 6.08 Å². The highest BCUT2D eigenvalue weighted by molar-refractivity contribution is 6.95. The third kappa shape index (κ3) is 2.47.